The smallest absolute Gasteiger partial charge is 0.196 e. The average Bonchev–Trinajstić information content (AvgIpc) is 2.78. The summed E-state index contributed by atoms with van der Waals surface area (Å²) in [5.74, 6) is 1.13. The Morgan fingerprint density at radius 2 is 2.33 bits per heavy atom. The molecule has 102 valence electrons. The first-order valence-corrected chi connectivity index (χ1v) is 6.91. The van der Waals surface area contributed by atoms with Crippen molar-refractivity contribution in [3.8, 4) is 0 Å². The van der Waals surface area contributed by atoms with Gasteiger partial charge in [-0.15, -0.1) is 0 Å². The average molecular weight is 252 g/mol. The molecule has 0 aliphatic carbocycles. The fraction of sp³-hybridized carbons (Fsp3) is 0.786. The van der Waals surface area contributed by atoms with Crippen LogP contribution in [-0.4, -0.2) is 33.7 Å². The first kappa shape index (κ1) is 13.6. The summed E-state index contributed by atoms with van der Waals surface area (Å²) >= 11 is 0. The zero-order valence-corrected chi connectivity index (χ0v) is 11.6. The number of oxazole rings is 1. The van der Waals surface area contributed by atoms with E-state index in [1.807, 2.05) is 0 Å². The highest BCUT2D eigenvalue weighted by atomic mass is 16.3. The Labute approximate surface area is 109 Å². The van der Waals surface area contributed by atoms with Gasteiger partial charge in [0.1, 0.15) is 6.26 Å². The number of aromatic nitrogens is 1. The van der Waals surface area contributed by atoms with Crippen molar-refractivity contribution in [1.29, 1.82) is 0 Å². The minimum Gasteiger partial charge on any atom is -0.448 e. The van der Waals surface area contributed by atoms with Gasteiger partial charge < -0.3 is 9.52 Å². The molecule has 0 spiro atoms. The van der Waals surface area contributed by atoms with Crippen LogP contribution in [0.5, 0.6) is 0 Å². The fourth-order valence-electron chi connectivity index (χ4n) is 2.52. The Morgan fingerprint density at radius 1 is 1.56 bits per heavy atom. The van der Waals surface area contributed by atoms with Gasteiger partial charge in [0.05, 0.1) is 11.3 Å². The summed E-state index contributed by atoms with van der Waals surface area (Å²) in [5, 5.41) is 10.3. The van der Waals surface area contributed by atoms with Crippen LogP contribution in [0.15, 0.2) is 10.7 Å². The van der Waals surface area contributed by atoms with Gasteiger partial charge in [0, 0.05) is 19.0 Å². The molecule has 1 N–H and O–H groups in total. The maximum Gasteiger partial charge on any atom is 0.196 e. The van der Waals surface area contributed by atoms with Gasteiger partial charge in [-0.25, -0.2) is 4.98 Å². The lowest BCUT2D eigenvalue weighted by atomic mass is 9.90. The summed E-state index contributed by atoms with van der Waals surface area (Å²) in [7, 11) is 0. The Balaban J connectivity index is 1.96. The van der Waals surface area contributed by atoms with Crippen LogP contribution >= 0.6 is 0 Å². The van der Waals surface area contributed by atoms with E-state index in [4.69, 9.17) is 4.42 Å². The minimum absolute atomic E-state index is 0.327. The van der Waals surface area contributed by atoms with Gasteiger partial charge in [-0.2, -0.15) is 0 Å². The zero-order chi connectivity index (χ0) is 13.2. The lowest BCUT2D eigenvalue weighted by Gasteiger charge is -2.38. The van der Waals surface area contributed by atoms with Gasteiger partial charge in [-0.3, -0.25) is 4.90 Å². The van der Waals surface area contributed by atoms with E-state index in [2.05, 4.69) is 30.7 Å². The number of piperidine rings is 1. The first-order chi connectivity index (χ1) is 8.52. The van der Waals surface area contributed by atoms with Crippen LogP contribution in [0.3, 0.4) is 0 Å². The van der Waals surface area contributed by atoms with Crippen molar-refractivity contribution in [3.05, 3.63) is 17.8 Å². The normalized spacial score (nSPS) is 25.8. The minimum atomic E-state index is -0.511. The second kappa shape index (κ2) is 5.41. The molecule has 0 saturated carbocycles. The number of nitrogens with zero attached hydrogens (tertiary/aromatic N) is 2. The lowest BCUT2D eigenvalue weighted by Crippen LogP contribution is -2.47. The van der Waals surface area contributed by atoms with Crippen LogP contribution in [0.1, 0.15) is 57.5 Å². The second-order valence-corrected chi connectivity index (χ2v) is 5.72. The molecule has 0 bridgehead atoms. The molecule has 0 amide bonds. The Morgan fingerprint density at radius 3 is 2.94 bits per heavy atom. The van der Waals surface area contributed by atoms with E-state index in [9.17, 15) is 5.11 Å². The molecule has 1 aliphatic heterocycles. The van der Waals surface area contributed by atoms with Crippen LogP contribution < -0.4 is 0 Å². The number of rotatable bonds is 4. The van der Waals surface area contributed by atoms with Crippen LogP contribution in [0.25, 0.3) is 0 Å². The third kappa shape index (κ3) is 3.12. The molecular formula is C14H24N2O2. The Kier molecular flexibility index (Phi) is 4.07. The molecule has 1 aliphatic rings. The number of hydrogen-bond acceptors (Lipinski definition) is 4. The lowest BCUT2D eigenvalue weighted by molar-refractivity contribution is -0.0360. The molecule has 0 radical (unpaired) electrons. The summed E-state index contributed by atoms with van der Waals surface area (Å²) in [5.41, 5.74) is 0.460. The van der Waals surface area contributed by atoms with Crippen LogP contribution in [-0.2, 0) is 6.54 Å². The molecule has 2 rings (SSSR count). The molecule has 18 heavy (non-hydrogen) atoms. The van der Waals surface area contributed by atoms with Crippen LogP contribution in [0.2, 0.25) is 0 Å². The van der Waals surface area contributed by atoms with E-state index in [-0.39, 0.29) is 0 Å². The summed E-state index contributed by atoms with van der Waals surface area (Å²) in [6.45, 7) is 8.76. The molecule has 4 nitrogen and oxygen atoms in total. The van der Waals surface area contributed by atoms with Crippen molar-refractivity contribution >= 4 is 0 Å². The van der Waals surface area contributed by atoms with Crippen LogP contribution in [0, 0.1) is 0 Å². The highest BCUT2D eigenvalue weighted by Gasteiger charge is 2.31. The van der Waals surface area contributed by atoms with Crippen LogP contribution in [0.4, 0.5) is 0 Å². The van der Waals surface area contributed by atoms with Gasteiger partial charge in [0.25, 0.3) is 0 Å². The van der Waals surface area contributed by atoms with E-state index in [1.54, 1.807) is 6.26 Å². The van der Waals surface area contributed by atoms with Crippen molar-refractivity contribution in [1.82, 2.24) is 9.88 Å². The van der Waals surface area contributed by atoms with E-state index in [0.717, 1.165) is 50.5 Å². The van der Waals surface area contributed by atoms with Gasteiger partial charge in [0.2, 0.25) is 0 Å². The van der Waals surface area contributed by atoms with Crippen molar-refractivity contribution in [2.45, 2.75) is 58.1 Å². The van der Waals surface area contributed by atoms with Gasteiger partial charge in [0.15, 0.2) is 5.89 Å². The van der Waals surface area contributed by atoms with E-state index >= 15 is 0 Å². The van der Waals surface area contributed by atoms with E-state index in [0.29, 0.717) is 5.92 Å². The van der Waals surface area contributed by atoms with Crippen molar-refractivity contribution in [2.24, 2.45) is 0 Å². The second-order valence-electron chi connectivity index (χ2n) is 5.72. The zero-order valence-electron chi connectivity index (χ0n) is 11.6. The molecule has 4 heteroatoms. The Bertz CT molecular complexity index is 389. The first-order valence-electron chi connectivity index (χ1n) is 6.91. The summed E-state index contributed by atoms with van der Waals surface area (Å²) in [6, 6.07) is 0. The SMILES string of the molecule is CCC1(O)CCCN(Cc2coc(C(C)C)n2)C1. The molecule has 0 aromatic carbocycles. The van der Waals surface area contributed by atoms with E-state index < -0.39 is 5.60 Å². The topological polar surface area (TPSA) is 49.5 Å². The van der Waals surface area contributed by atoms with Crippen molar-refractivity contribution in [3.63, 3.8) is 0 Å². The predicted molar refractivity (Wildman–Crippen MR) is 70.3 cm³/mol. The van der Waals surface area contributed by atoms with E-state index in [1.165, 1.54) is 0 Å². The molecule has 1 unspecified atom stereocenters. The molecule has 1 aromatic heterocycles. The van der Waals surface area contributed by atoms with Crippen molar-refractivity contribution < 1.29 is 9.52 Å². The van der Waals surface area contributed by atoms with Gasteiger partial charge in [-0.05, 0) is 25.8 Å². The maximum absolute atomic E-state index is 10.3. The number of aliphatic hydroxyl groups is 1. The highest BCUT2D eigenvalue weighted by Crippen LogP contribution is 2.25. The third-order valence-electron chi connectivity index (χ3n) is 3.74. The number of hydrogen-bond donors (Lipinski definition) is 1. The number of β-amino-alcohol motifs (C(OH)–C–C–N with tert-alkyl or cyclic N) is 1. The molecular weight excluding hydrogens is 228 g/mol. The quantitative estimate of drug-likeness (QED) is 0.894. The standard InChI is InChI=1S/C14H24N2O2/c1-4-14(17)6-5-7-16(10-14)8-12-9-18-13(15-12)11(2)3/h9,11,17H,4-8,10H2,1-3H3. The molecule has 1 fully saturated rings. The molecule has 1 aromatic rings. The number of likely N-dealkylation sites (tertiary alicyclic amines) is 1. The fourth-order valence-corrected chi connectivity index (χ4v) is 2.52. The summed E-state index contributed by atoms with van der Waals surface area (Å²) in [4.78, 5) is 6.76. The third-order valence-corrected chi connectivity index (χ3v) is 3.74. The summed E-state index contributed by atoms with van der Waals surface area (Å²) in [6.07, 6.45) is 4.53. The van der Waals surface area contributed by atoms with Gasteiger partial charge in [-0.1, -0.05) is 20.8 Å². The maximum atomic E-state index is 10.3. The van der Waals surface area contributed by atoms with Crippen molar-refractivity contribution in [2.75, 3.05) is 13.1 Å². The molecule has 1 saturated heterocycles. The predicted octanol–water partition coefficient (Wildman–Crippen LogP) is 2.53. The Hall–Kier alpha value is -0.870. The molecule has 2 heterocycles. The largest absolute Gasteiger partial charge is 0.448 e. The molecule has 1 atom stereocenters. The summed E-state index contributed by atoms with van der Waals surface area (Å²) < 4.78 is 5.45. The highest BCUT2D eigenvalue weighted by molar-refractivity contribution is 5.00. The van der Waals surface area contributed by atoms with Gasteiger partial charge >= 0.3 is 0 Å². The monoisotopic (exact) mass is 252 g/mol.